The quantitative estimate of drug-likeness (QED) is 0.875. The first-order chi connectivity index (χ1) is 8.59. The van der Waals surface area contributed by atoms with Crippen LogP contribution in [-0.4, -0.2) is 35.5 Å². The van der Waals surface area contributed by atoms with E-state index in [1.54, 1.807) is 12.3 Å². The number of aliphatic hydroxyl groups is 1. The molecule has 0 radical (unpaired) electrons. The lowest BCUT2D eigenvalue weighted by atomic mass is 10.4. The van der Waals surface area contributed by atoms with E-state index in [0.717, 1.165) is 25.8 Å². The zero-order valence-electron chi connectivity index (χ0n) is 10.7. The van der Waals surface area contributed by atoms with Crippen LogP contribution in [0.3, 0.4) is 0 Å². The van der Waals surface area contributed by atoms with E-state index in [9.17, 15) is 13.5 Å². The minimum atomic E-state index is -3.37. The van der Waals surface area contributed by atoms with Gasteiger partial charge in [-0.05, 0) is 25.3 Å². The van der Waals surface area contributed by atoms with Gasteiger partial charge in [0.2, 0.25) is 10.0 Å². The monoisotopic (exact) mass is 272 g/mol. The summed E-state index contributed by atoms with van der Waals surface area (Å²) >= 11 is 0. The van der Waals surface area contributed by atoms with Crippen LogP contribution < -0.4 is 0 Å². The molecular weight excluding hydrogens is 252 g/mol. The molecule has 2 heterocycles. The summed E-state index contributed by atoms with van der Waals surface area (Å²) in [6.07, 6.45) is 4.41. The third-order valence-corrected chi connectivity index (χ3v) is 5.15. The summed E-state index contributed by atoms with van der Waals surface area (Å²) < 4.78 is 28.1. The van der Waals surface area contributed by atoms with Crippen LogP contribution >= 0.6 is 0 Å². The Bertz CT molecular complexity index is 501. The van der Waals surface area contributed by atoms with Gasteiger partial charge in [-0.1, -0.05) is 6.92 Å². The van der Waals surface area contributed by atoms with Crippen molar-refractivity contribution in [3.05, 3.63) is 18.0 Å². The maximum atomic E-state index is 12.4. The molecule has 0 amide bonds. The van der Waals surface area contributed by atoms with E-state index in [0.29, 0.717) is 23.7 Å². The molecule has 0 spiro atoms. The van der Waals surface area contributed by atoms with Crippen molar-refractivity contribution in [2.45, 2.75) is 44.2 Å². The van der Waals surface area contributed by atoms with Gasteiger partial charge < -0.3 is 9.67 Å². The van der Waals surface area contributed by atoms with Crippen molar-refractivity contribution < 1.29 is 13.5 Å². The summed E-state index contributed by atoms with van der Waals surface area (Å²) in [6.45, 7) is 3.84. The molecule has 0 aromatic carbocycles. The summed E-state index contributed by atoms with van der Waals surface area (Å²) in [6, 6.07) is 1.59. The summed E-state index contributed by atoms with van der Waals surface area (Å²) in [5.74, 6) is 0. The summed E-state index contributed by atoms with van der Waals surface area (Å²) in [4.78, 5) is 0.307. The maximum Gasteiger partial charge on any atom is 0.244 e. The number of nitrogens with zero attached hydrogens (tertiary/aromatic N) is 2. The lowest BCUT2D eigenvalue weighted by molar-refractivity contribution is 0.270. The van der Waals surface area contributed by atoms with Crippen molar-refractivity contribution in [3.8, 4) is 0 Å². The highest BCUT2D eigenvalue weighted by Crippen LogP contribution is 2.23. The van der Waals surface area contributed by atoms with Gasteiger partial charge in [0.15, 0.2) is 0 Å². The molecule has 1 aromatic heterocycles. The predicted octanol–water partition coefficient (Wildman–Crippen LogP) is 1.17. The highest BCUT2D eigenvalue weighted by Gasteiger charge is 2.28. The normalized spacial score (nSPS) is 17.4. The molecule has 1 aliphatic heterocycles. The highest BCUT2D eigenvalue weighted by atomic mass is 32.2. The van der Waals surface area contributed by atoms with E-state index in [1.165, 1.54) is 4.31 Å². The first-order valence-corrected chi connectivity index (χ1v) is 7.83. The van der Waals surface area contributed by atoms with Crippen molar-refractivity contribution in [2.24, 2.45) is 0 Å². The van der Waals surface area contributed by atoms with Crippen LogP contribution in [0.1, 0.15) is 31.9 Å². The van der Waals surface area contributed by atoms with E-state index >= 15 is 0 Å². The molecule has 1 saturated heterocycles. The van der Waals surface area contributed by atoms with Crippen LogP contribution in [0, 0.1) is 0 Å². The van der Waals surface area contributed by atoms with Gasteiger partial charge in [0.25, 0.3) is 0 Å². The second-order valence-electron chi connectivity index (χ2n) is 4.63. The van der Waals surface area contributed by atoms with Crippen molar-refractivity contribution in [1.29, 1.82) is 0 Å². The Morgan fingerprint density at radius 1 is 1.33 bits per heavy atom. The molecule has 1 aliphatic rings. The minimum absolute atomic E-state index is 0.129. The van der Waals surface area contributed by atoms with E-state index in [4.69, 9.17) is 0 Å². The van der Waals surface area contributed by atoms with Gasteiger partial charge >= 0.3 is 0 Å². The molecule has 1 aromatic rings. The molecule has 0 aliphatic carbocycles. The van der Waals surface area contributed by atoms with Gasteiger partial charge in [-0.3, -0.25) is 0 Å². The SMILES string of the molecule is CCCn1cc(S(=O)(=O)N2CCCC2)cc1CO. The number of aromatic nitrogens is 1. The first-order valence-electron chi connectivity index (χ1n) is 6.39. The number of hydrogen-bond acceptors (Lipinski definition) is 3. The van der Waals surface area contributed by atoms with Crippen molar-refractivity contribution in [1.82, 2.24) is 8.87 Å². The van der Waals surface area contributed by atoms with Gasteiger partial charge in [-0.2, -0.15) is 4.31 Å². The molecule has 0 bridgehead atoms. The molecule has 6 heteroatoms. The fourth-order valence-corrected chi connectivity index (χ4v) is 3.91. The number of rotatable bonds is 5. The number of aliphatic hydroxyl groups excluding tert-OH is 1. The van der Waals surface area contributed by atoms with E-state index in [1.807, 2.05) is 11.5 Å². The minimum Gasteiger partial charge on any atom is -0.390 e. The van der Waals surface area contributed by atoms with Crippen LogP contribution in [0.2, 0.25) is 0 Å². The molecule has 1 N–H and O–H groups in total. The Morgan fingerprint density at radius 2 is 2.00 bits per heavy atom. The molecule has 1 fully saturated rings. The van der Waals surface area contributed by atoms with E-state index in [-0.39, 0.29) is 6.61 Å². The summed E-state index contributed by atoms with van der Waals surface area (Å²) in [7, 11) is -3.37. The van der Waals surface area contributed by atoms with Gasteiger partial charge in [-0.15, -0.1) is 0 Å². The predicted molar refractivity (Wildman–Crippen MR) is 68.6 cm³/mol. The van der Waals surface area contributed by atoms with Gasteiger partial charge in [0.1, 0.15) is 4.90 Å². The van der Waals surface area contributed by atoms with Gasteiger partial charge in [-0.25, -0.2) is 8.42 Å². The smallest absolute Gasteiger partial charge is 0.244 e. The third-order valence-electron chi connectivity index (χ3n) is 3.29. The van der Waals surface area contributed by atoms with Crippen LogP contribution in [0.15, 0.2) is 17.2 Å². The highest BCUT2D eigenvalue weighted by molar-refractivity contribution is 7.89. The van der Waals surface area contributed by atoms with Gasteiger partial charge in [0, 0.05) is 31.5 Å². The maximum absolute atomic E-state index is 12.4. The fourth-order valence-electron chi connectivity index (χ4n) is 2.33. The Labute approximate surface area is 108 Å². The van der Waals surface area contributed by atoms with E-state index < -0.39 is 10.0 Å². The number of hydrogen-bond donors (Lipinski definition) is 1. The second kappa shape index (κ2) is 5.42. The molecule has 5 nitrogen and oxygen atoms in total. The fraction of sp³-hybridized carbons (Fsp3) is 0.667. The van der Waals surface area contributed by atoms with Crippen molar-refractivity contribution >= 4 is 10.0 Å². The zero-order chi connectivity index (χ0) is 13.2. The van der Waals surface area contributed by atoms with Gasteiger partial charge in [0.05, 0.1) is 6.61 Å². The Balaban J connectivity index is 2.32. The molecule has 102 valence electrons. The van der Waals surface area contributed by atoms with Crippen LogP contribution in [-0.2, 0) is 23.2 Å². The standard InChI is InChI=1S/C12H20N2O3S/c1-2-5-13-9-12(8-11(13)10-15)18(16,17)14-6-3-4-7-14/h8-9,15H,2-7,10H2,1H3. The molecule has 0 unspecified atom stereocenters. The largest absolute Gasteiger partial charge is 0.390 e. The Hall–Kier alpha value is -0.850. The molecule has 0 saturated carbocycles. The third kappa shape index (κ3) is 2.46. The Kier molecular flexibility index (Phi) is 4.09. The molecule has 2 rings (SSSR count). The van der Waals surface area contributed by atoms with Crippen molar-refractivity contribution in [2.75, 3.05) is 13.1 Å². The molecule has 18 heavy (non-hydrogen) atoms. The summed E-state index contributed by atoms with van der Waals surface area (Å²) in [5.41, 5.74) is 0.662. The number of sulfonamides is 1. The van der Waals surface area contributed by atoms with Crippen LogP contribution in [0.4, 0.5) is 0 Å². The van der Waals surface area contributed by atoms with Crippen LogP contribution in [0.5, 0.6) is 0 Å². The molecular formula is C12H20N2O3S. The topological polar surface area (TPSA) is 62.5 Å². The summed E-state index contributed by atoms with van der Waals surface area (Å²) in [5, 5.41) is 9.26. The van der Waals surface area contributed by atoms with E-state index in [2.05, 4.69) is 0 Å². The molecule has 0 atom stereocenters. The second-order valence-corrected chi connectivity index (χ2v) is 6.57. The van der Waals surface area contributed by atoms with Crippen molar-refractivity contribution in [3.63, 3.8) is 0 Å². The lowest BCUT2D eigenvalue weighted by Gasteiger charge is -2.13. The van der Waals surface area contributed by atoms with Crippen LogP contribution in [0.25, 0.3) is 0 Å². The zero-order valence-corrected chi connectivity index (χ0v) is 11.5. The average Bonchev–Trinajstić information content (AvgIpc) is 2.98. The first kappa shape index (κ1) is 13.6. The Morgan fingerprint density at radius 3 is 2.56 bits per heavy atom. The number of aryl methyl sites for hydroxylation is 1. The average molecular weight is 272 g/mol. The lowest BCUT2D eigenvalue weighted by Crippen LogP contribution is -2.27.